The first-order valence-electron chi connectivity index (χ1n) is 9.38. The number of nitrogens with zero attached hydrogens (tertiary/aromatic N) is 4. The number of hydrogen-bond donors (Lipinski definition) is 1. The van der Waals surface area contributed by atoms with Crippen molar-refractivity contribution >= 4 is 43.4 Å². The number of carboxylic acid groups (broad SMARTS) is 1. The number of benzene rings is 1. The van der Waals surface area contributed by atoms with Gasteiger partial charge in [0.1, 0.15) is 16.1 Å². The van der Waals surface area contributed by atoms with Crippen LogP contribution in [0.1, 0.15) is 21.7 Å². The number of aryl methyl sites for hydroxylation is 1. The van der Waals surface area contributed by atoms with Crippen molar-refractivity contribution in [3.8, 4) is 5.75 Å². The van der Waals surface area contributed by atoms with Crippen LogP contribution in [0, 0.1) is 6.92 Å². The third-order valence-electron chi connectivity index (χ3n) is 4.81. The number of rotatable bonds is 7. The molecular formula is C21H18N4O5S2. The van der Waals surface area contributed by atoms with E-state index in [1.165, 1.54) is 31.4 Å². The third kappa shape index (κ3) is 3.87. The molecule has 1 aromatic carbocycles. The van der Waals surface area contributed by atoms with Crippen LogP contribution < -0.4 is 9.04 Å². The van der Waals surface area contributed by atoms with E-state index in [0.717, 1.165) is 22.0 Å². The number of aromatic nitrogens is 3. The molecule has 4 rings (SSSR count). The average Bonchev–Trinajstić information content (AvgIpc) is 3.18. The van der Waals surface area contributed by atoms with Gasteiger partial charge in [0, 0.05) is 12.4 Å². The molecule has 0 saturated carbocycles. The van der Waals surface area contributed by atoms with E-state index in [-0.39, 0.29) is 22.7 Å². The molecule has 3 aromatic heterocycles. The normalized spacial score (nSPS) is 11.4. The van der Waals surface area contributed by atoms with Crippen molar-refractivity contribution in [2.75, 3.05) is 11.4 Å². The summed E-state index contributed by atoms with van der Waals surface area (Å²) >= 11 is 1.08. The van der Waals surface area contributed by atoms with Gasteiger partial charge < -0.3 is 9.84 Å². The Morgan fingerprint density at radius 1 is 1.16 bits per heavy atom. The lowest BCUT2D eigenvalue weighted by Gasteiger charge is -2.26. The smallest absolute Gasteiger partial charge is 0.339 e. The molecule has 11 heteroatoms. The lowest BCUT2D eigenvalue weighted by molar-refractivity contribution is 0.0697. The van der Waals surface area contributed by atoms with Crippen LogP contribution in [-0.4, -0.2) is 40.9 Å². The van der Waals surface area contributed by atoms with Crippen LogP contribution >= 0.6 is 11.5 Å². The third-order valence-corrected chi connectivity index (χ3v) is 7.41. The Balaban J connectivity index is 2.00. The Morgan fingerprint density at radius 2 is 1.91 bits per heavy atom. The second kappa shape index (κ2) is 8.52. The Bertz CT molecular complexity index is 1390. The molecule has 0 radical (unpaired) electrons. The van der Waals surface area contributed by atoms with Crippen molar-refractivity contribution in [3.05, 3.63) is 71.8 Å². The Morgan fingerprint density at radius 3 is 2.53 bits per heavy atom. The van der Waals surface area contributed by atoms with Crippen molar-refractivity contribution in [2.24, 2.45) is 0 Å². The van der Waals surface area contributed by atoms with Crippen LogP contribution in [0.15, 0.2) is 59.8 Å². The number of sulfonamides is 1. The molecule has 0 aliphatic heterocycles. The lowest BCUT2D eigenvalue weighted by atomic mass is 10.1. The van der Waals surface area contributed by atoms with Gasteiger partial charge in [0.15, 0.2) is 0 Å². The average molecular weight is 471 g/mol. The number of carboxylic acids is 1. The standard InChI is InChI=1S/C21H18N4O5S2/c1-13-18-19(17(21(26)27)11-23-20(18)31-24-13)25(12-14-5-3-4-10-22-14)32(28,29)16-8-6-15(30-2)7-9-16/h3-11H,12H2,1-2H3,(H,26,27). The molecule has 3 heterocycles. The molecule has 1 N–H and O–H groups in total. The van der Waals surface area contributed by atoms with E-state index < -0.39 is 16.0 Å². The fourth-order valence-electron chi connectivity index (χ4n) is 3.25. The van der Waals surface area contributed by atoms with Gasteiger partial charge in [-0.1, -0.05) is 6.07 Å². The first-order valence-corrected chi connectivity index (χ1v) is 11.6. The zero-order chi connectivity index (χ0) is 22.9. The highest BCUT2D eigenvalue weighted by atomic mass is 32.2. The highest BCUT2D eigenvalue weighted by molar-refractivity contribution is 7.92. The van der Waals surface area contributed by atoms with E-state index in [9.17, 15) is 18.3 Å². The number of hydrogen-bond acceptors (Lipinski definition) is 8. The van der Waals surface area contributed by atoms with Crippen LogP contribution in [0.2, 0.25) is 0 Å². The molecule has 0 saturated heterocycles. The van der Waals surface area contributed by atoms with Crippen LogP contribution in [0.25, 0.3) is 10.2 Å². The van der Waals surface area contributed by atoms with Gasteiger partial charge in [0.05, 0.1) is 41.0 Å². The molecule has 0 amide bonds. The molecule has 0 aliphatic rings. The van der Waals surface area contributed by atoms with Crippen LogP contribution in [-0.2, 0) is 16.6 Å². The molecule has 0 unspecified atom stereocenters. The number of anilines is 1. The molecule has 9 nitrogen and oxygen atoms in total. The summed E-state index contributed by atoms with van der Waals surface area (Å²) in [5.41, 5.74) is 0.710. The summed E-state index contributed by atoms with van der Waals surface area (Å²) in [5, 5.41) is 10.2. The maximum absolute atomic E-state index is 13.8. The van der Waals surface area contributed by atoms with Crippen LogP contribution in [0.3, 0.4) is 0 Å². The maximum Gasteiger partial charge on any atom is 0.339 e. The summed E-state index contributed by atoms with van der Waals surface area (Å²) < 4.78 is 38.1. The van der Waals surface area contributed by atoms with Crippen LogP contribution in [0.5, 0.6) is 5.75 Å². The fourth-order valence-corrected chi connectivity index (χ4v) is 5.47. The van der Waals surface area contributed by atoms with Crippen molar-refractivity contribution in [1.82, 2.24) is 14.3 Å². The van der Waals surface area contributed by atoms with Gasteiger partial charge in [0.25, 0.3) is 10.0 Å². The zero-order valence-corrected chi connectivity index (χ0v) is 18.7. The summed E-state index contributed by atoms with van der Waals surface area (Å²) in [6.45, 7) is 1.51. The number of carbonyl (C=O) groups is 1. The SMILES string of the molecule is COc1ccc(S(=O)(=O)N(Cc2ccccn2)c2c(C(=O)O)cnc3snc(C)c23)cc1. The lowest BCUT2D eigenvalue weighted by Crippen LogP contribution is -2.32. The van der Waals surface area contributed by atoms with Crippen molar-refractivity contribution < 1.29 is 23.1 Å². The number of ether oxygens (including phenoxy) is 1. The minimum atomic E-state index is -4.20. The first-order chi connectivity index (χ1) is 15.3. The minimum Gasteiger partial charge on any atom is -0.497 e. The molecule has 4 aromatic rings. The van der Waals surface area contributed by atoms with Gasteiger partial charge >= 0.3 is 5.97 Å². The van der Waals surface area contributed by atoms with E-state index >= 15 is 0 Å². The van der Waals surface area contributed by atoms with Crippen molar-refractivity contribution in [2.45, 2.75) is 18.4 Å². The molecule has 0 atom stereocenters. The van der Waals surface area contributed by atoms with E-state index in [1.807, 2.05) is 0 Å². The van der Waals surface area contributed by atoms with Crippen molar-refractivity contribution in [3.63, 3.8) is 0 Å². The predicted molar refractivity (Wildman–Crippen MR) is 120 cm³/mol. The Labute approximate surface area is 188 Å². The highest BCUT2D eigenvalue weighted by Gasteiger charge is 2.32. The number of methoxy groups -OCH3 is 1. The highest BCUT2D eigenvalue weighted by Crippen LogP contribution is 2.38. The molecular weight excluding hydrogens is 452 g/mol. The Hall–Kier alpha value is -3.57. The summed E-state index contributed by atoms with van der Waals surface area (Å²) in [6.07, 6.45) is 2.71. The maximum atomic E-state index is 13.8. The fraction of sp³-hybridized carbons (Fsp3) is 0.143. The quantitative estimate of drug-likeness (QED) is 0.435. The molecule has 0 spiro atoms. The number of fused-ring (bicyclic) bond motifs is 1. The van der Waals surface area contributed by atoms with E-state index in [1.54, 1.807) is 31.3 Å². The summed E-state index contributed by atoms with van der Waals surface area (Å²) in [4.78, 5) is 20.9. The van der Waals surface area contributed by atoms with Gasteiger partial charge in [0.2, 0.25) is 0 Å². The summed E-state index contributed by atoms with van der Waals surface area (Å²) in [6, 6.07) is 11.0. The topological polar surface area (TPSA) is 123 Å². The molecule has 0 aliphatic carbocycles. The van der Waals surface area contributed by atoms with E-state index in [4.69, 9.17) is 4.74 Å². The number of pyridine rings is 2. The molecule has 0 bridgehead atoms. The minimum absolute atomic E-state index is 0.00946. The van der Waals surface area contributed by atoms with E-state index in [2.05, 4.69) is 14.3 Å². The predicted octanol–water partition coefficient (Wildman–Crippen LogP) is 3.50. The zero-order valence-electron chi connectivity index (χ0n) is 17.1. The second-order valence-electron chi connectivity index (χ2n) is 6.78. The largest absolute Gasteiger partial charge is 0.497 e. The van der Waals surface area contributed by atoms with Gasteiger partial charge in [-0.15, -0.1) is 0 Å². The van der Waals surface area contributed by atoms with Crippen molar-refractivity contribution in [1.29, 1.82) is 0 Å². The molecule has 32 heavy (non-hydrogen) atoms. The molecule has 0 fully saturated rings. The van der Waals surface area contributed by atoms with Gasteiger partial charge in [-0.25, -0.2) is 18.2 Å². The second-order valence-corrected chi connectivity index (χ2v) is 9.40. The van der Waals surface area contributed by atoms with E-state index in [0.29, 0.717) is 27.4 Å². The monoisotopic (exact) mass is 470 g/mol. The van der Waals surface area contributed by atoms with Gasteiger partial charge in [-0.3, -0.25) is 9.29 Å². The first kappa shape index (κ1) is 21.7. The van der Waals surface area contributed by atoms with Gasteiger partial charge in [-0.2, -0.15) is 4.37 Å². The summed E-state index contributed by atoms with van der Waals surface area (Å²) in [5.74, 6) is -0.799. The molecule has 164 valence electrons. The van der Waals surface area contributed by atoms with Crippen LogP contribution in [0.4, 0.5) is 5.69 Å². The Kier molecular flexibility index (Phi) is 5.76. The van der Waals surface area contributed by atoms with Gasteiger partial charge in [-0.05, 0) is 54.9 Å². The number of aromatic carboxylic acids is 1. The summed E-state index contributed by atoms with van der Waals surface area (Å²) in [7, 11) is -2.71.